The standard InChI is InChI=1S/C101H124N10O37/c1-60(2)87(105-84(113)28-33-135-35-37-137-39-41-139-43-45-141-47-48-142-46-44-140-42-40-138-38-36-136-34-29-102-83(112)27-30-106-85(114)25-26-86(106)115)93(120)103-61(3)92(119)104-68-18-11-62(12-19-68)58-145-100(127)109-73-54-81(79(133-6)52-71(73)94(121)107-56-66(50-76(107)96(109)123)64-14-20-69(131-4)21-15-64)143-31-9-8-10-32-144-82-55-74-72(53-80(82)134-7)95(122)108-57-67(65-16-22-70(132-5)23-17-65)51-77(108)97(124)110(74)101(128)146-59-63-13-24-78(75(49-63)111(129)130)147-99-90(118)88(116)89(117)91(148-99)98(125)126/h11-26,49,52-57,60-61,76-77,87-91,96-97,99,116-118,123-124H,8-10,27-48,50-51,58-59H2,1-7H3,(H,102,112)(H,103,120)(H,104,119)(H,105,113)(H,125,126)/t61-,76-,77-,87-,88-,89-,90+,91-,96-,97-,99+/m0/s1. The van der Waals surface area contributed by atoms with E-state index in [1.54, 1.807) is 99.0 Å². The fourth-order valence-corrected chi connectivity index (χ4v) is 16.3. The number of fused-ring (bicyclic) bond motifs is 4. The zero-order valence-electron chi connectivity index (χ0n) is 82.7. The highest BCUT2D eigenvalue weighted by Gasteiger charge is 2.51. The van der Waals surface area contributed by atoms with Crippen LogP contribution >= 0.6 is 0 Å². The number of nitrogens with one attached hydrogen (secondary N) is 4. The molecule has 47 heteroatoms. The summed E-state index contributed by atoms with van der Waals surface area (Å²) >= 11 is 0. The van der Waals surface area contributed by atoms with Crippen LogP contribution in [0.3, 0.4) is 0 Å². The molecule has 0 radical (unpaired) electrons. The molecule has 0 spiro atoms. The van der Waals surface area contributed by atoms with Crippen LogP contribution in [0.5, 0.6) is 40.2 Å². The molecule has 0 aromatic heterocycles. The van der Waals surface area contributed by atoms with Crippen molar-refractivity contribution < 1.29 is 174 Å². The molecule has 10 amide bonds. The molecule has 1 saturated heterocycles. The molecule has 10 N–H and O–H groups in total. The van der Waals surface area contributed by atoms with Gasteiger partial charge < -0.3 is 147 Å². The van der Waals surface area contributed by atoms with Gasteiger partial charge in [0.25, 0.3) is 23.6 Å². The monoisotopic (exact) mass is 2070 g/mol. The molecule has 6 heterocycles. The van der Waals surface area contributed by atoms with Crippen LogP contribution in [0.15, 0.2) is 140 Å². The quantitative estimate of drug-likeness (QED) is 0.00971. The van der Waals surface area contributed by atoms with Gasteiger partial charge in [-0.2, -0.15) is 0 Å². The van der Waals surface area contributed by atoms with Gasteiger partial charge in [-0.3, -0.25) is 53.4 Å². The Labute approximate surface area is 851 Å². The highest BCUT2D eigenvalue weighted by molar-refractivity contribution is 6.13. The van der Waals surface area contributed by atoms with E-state index in [9.17, 15) is 93.5 Å². The Balaban J connectivity index is 0.581. The number of carboxylic acid groups (broad SMARTS) is 1. The smallest absolute Gasteiger partial charge is 0.416 e. The number of carbonyl (C=O) groups is 11. The number of aliphatic hydroxyl groups excluding tert-OH is 5. The molecule has 0 bridgehead atoms. The number of anilines is 3. The molecule has 6 aromatic rings. The molecule has 6 aliphatic heterocycles. The van der Waals surface area contributed by atoms with Crippen molar-refractivity contribution in [1.29, 1.82) is 0 Å². The predicted molar refractivity (Wildman–Crippen MR) is 521 cm³/mol. The molecule has 1 fully saturated rings. The second-order valence-corrected chi connectivity index (χ2v) is 34.7. The van der Waals surface area contributed by atoms with Crippen molar-refractivity contribution in [3.63, 3.8) is 0 Å². The zero-order valence-corrected chi connectivity index (χ0v) is 82.7. The van der Waals surface area contributed by atoms with E-state index in [0.29, 0.717) is 138 Å². The second kappa shape index (κ2) is 55.6. The summed E-state index contributed by atoms with van der Waals surface area (Å²) < 4.78 is 102. The van der Waals surface area contributed by atoms with Crippen LogP contribution in [0.2, 0.25) is 0 Å². The number of rotatable bonds is 58. The Morgan fingerprint density at radius 2 is 0.932 bits per heavy atom. The molecule has 6 aromatic carbocycles. The van der Waals surface area contributed by atoms with Gasteiger partial charge in [0.05, 0.1) is 187 Å². The molecule has 6 aliphatic rings. The van der Waals surface area contributed by atoms with Crippen LogP contribution in [-0.2, 0) is 98.9 Å². The highest BCUT2D eigenvalue weighted by Crippen LogP contribution is 2.47. The van der Waals surface area contributed by atoms with Crippen LogP contribution < -0.4 is 64.2 Å². The number of nitrogens with zero attached hydrogens (tertiary/aromatic N) is 6. The van der Waals surface area contributed by atoms with Gasteiger partial charge in [-0.1, -0.05) is 56.3 Å². The summed E-state index contributed by atoms with van der Waals surface area (Å²) in [4.78, 5) is 164. The van der Waals surface area contributed by atoms with Gasteiger partial charge in [0.15, 0.2) is 47.3 Å². The van der Waals surface area contributed by atoms with Gasteiger partial charge >= 0.3 is 23.8 Å². The maximum Gasteiger partial charge on any atom is 0.416 e. The Morgan fingerprint density at radius 3 is 1.38 bits per heavy atom. The number of hydrogen-bond acceptors (Lipinski definition) is 36. The Hall–Kier alpha value is -14.0. The zero-order chi connectivity index (χ0) is 106. The molecule has 47 nitrogen and oxygen atoms in total. The minimum atomic E-state index is -2.09. The SMILES string of the molecule is COc1ccc(C2=CN3C(=O)c4cc(OC)c(OCCCCCOc5cc6c(cc5OC)C(=O)N5C=C(c7ccc(OC)cc7)C[C@H]5[C@H](O)N6C(=O)OCc5ccc(O[C@@H]6O[C@H](C(=O)O)[C@@H](O)[C@H](O)[C@H]6O)c([N+](=O)[O-])c5)cc4N(C(=O)OCc4ccc(NC(=O)[C@H](C)NC(=O)[C@@H](NC(=O)CCOCCOCCOCCOCCOCCOCCOCCOCCNC(=O)CCN5C(=O)C=CC5=O)C(C)C)cc4)[C@@H](O)[C@@H]3C2)cc1. The van der Waals surface area contributed by atoms with Crippen molar-refractivity contribution >= 4 is 99.3 Å². The number of aliphatic carboxylic acids is 1. The van der Waals surface area contributed by atoms with Gasteiger partial charge in [-0.05, 0) is 133 Å². The molecule has 800 valence electrons. The topological polar surface area (TPSA) is 583 Å². The minimum Gasteiger partial charge on any atom is -0.497 e. The van der Waals surface area contributed by atoms with E-state index in [1.165, 1.54) is 87.6 Å². The predicted octanol–water partition coefficient (Wildman–Crippen LogP) is 5.53. The number of amides is 10. The third-order valence-electron chi connectivity index (χ3n) is 24.4. The van der Waals surface area contributed by atoms with Crippen molar-refractivity contribution in [2.75, 3.05) is 176 Å². The number of ether oxygens (including phenoxy) is 18. The first-order valence-electron chi connectivity index (χ1n) is 48.0. The van der Waals surface area contributed by atoms with Crippen molar-refractivity contribution in [2.24, 2.45) is 5.92 Å². The molecule has 11 atom stereocenters. The van der Waals surface area contributed by atoms with Crippen LogP contribution in [0.25, 0.3) is 11.1 Å². The van der Waals surface area contributed by atoms with Crippen LogP contribution in [0.4, 0.5) is 32.3 Å². The third-order valence-corrected chi connectivity index (χ3v) is 24.4. The number of imide groups is 1. The molecular weight excluding hydrogens is 1950 g/mol. The summed E-state index contributed by atoms with van der Waals surface area (Å²) in [7, 11) is 5.73. The average molecular weight is 2070 g/mol. The molecule has 12 rings (SSSR count). The first kappa shape index (κ1) is 113. The lowest BCUT2D eigenvalue weighted by Crippen LogP contribution is -2.61. The minimum absolute atomic E-state index is 0.00322. The van der Waals surface area contributed by atoms with E-state index in [0.717, 1.165) is 32.4 Å². The van der Waals surface area contributed by atoms with Crippen molar-refractivity contribution in [3.05, 3.63) is 183 Å². The summed E-state index contributed by atoms with van der Waals surface area (Å²) in [6, 6.07) is 24.8. The van der Waals surface area contributed by atoms with Crippen molar-refractivity contribution in [2.45, 2.75) is 146 Å². The summed E-state index contributed by atoms with van der Waals surface area (Å²) in [5, 5.41) is 89.1. The second-order valence-electron chi connectivity index (χ2n) is 34.7. The van der Waals surface area contributed by atoms with Crippen LogP contribution in [0, 0.1) is 16.0 Å². The Morgan fingerprint density at radius 1 is 0.480 bits per heavy atom. The van der Waals surface area contributed by atoms with E-state index in [-0.39, 0.29) is 148 Å². The van der Waals surface area contributed by atoms with E-state index in [4.69, 9.17) is 85.3 Å². The first-order valence-corrected chi connectivity index (χ1v) is 48.0. The normalized spacial score (nSPS) is 19.1. The number of aliphatic hydroxyl groups is 5. The lowest BCUT2D eigenvalue weighted by atomic mass is 9.99. The number of methoxy groups -OCH3 is 4. The highest BCUT2D eigenvalue weighted by atomic mass is 16.7. The fourth-order valence-electron chi connectivity index (χ4n) is 16.3. The van der Waals surface area contributed by atoms with E-state index in [2.05, 4.69) is 21.3 Å². The van der Waals surface area contributed by atoms with Gasteiger partial charge in [-0.15, -0.1) is 0 Å². The maximum absolute atomic E-state index is 15.0. The number of nitro groups is 1. The number of benzene rings is 6. The fraction of sp³-hybridized carbons (Fsp3) is 0.475. The number of unbranched alkanes of at least 4 members (excludes halogenated alkanes) is 2. The van der Waals surface area contributed by atoms with Crippen molar-refractivity contribution in [3.8, 4) is 40.2 Å². The summed E-state index contributed by atoms with van der Waals surface area (Å²) in [5.41, 5.74) is 2.19. The third kappa shape index (κ3) is 30.4. The average Bonchev–Trinajstić information content (AvgIpc) is 1.60. The summed E-state index contributed by atoms with van der Waals surface area (Å²) in [5.74, 6) is -5.30. The van der Waals surface area contributed by atoms with E-state index < -0.39 is 150 Å². The molecule has 148 heavy (non-hydrogen) atoms. The number of carbonyl (C=O) groups excluding carboxylic acids is 10. The van der Waals surface area contributed by atoms with Gasteiger partial charge in [-0.25, -0.2) is 24.2 Å². The Bertz CT molecular complexity index is 5660. The number of hydrogen-bond donors (Lipinski definition) is 10. The van der Waals surface area contributed by atoms with Gasteiger partial charge in [0.2, 0.25) is 29.9 Å². The van der Waals surface area contributed by atoms with Crippen molar-refractivity contribution in [1.82, 2.24) is 30.7 Å². The number of carboxylic acids is 1. The number of nitro benzene ring substituents is 1. The summed E-state index contributed by atoms with van der Waals surface area (Å²) in [6.07, 6.45) is -9.44. The lowest BCUT2D eigenvalue weighted by molar-refractivity contribution is -0.387. The molecular formula is C101H124N10O37. The van der Waals surface area contributed by atoms with Gasteiger partial charge in [0, 0.05) is 74.4 Å². The van der Waals surface area contributed by atoms with E-state index in [1.807, 2.05) is 0 Å². The lowest BCUT2D eigenvalue weighted by Gasteiger charge is -2.38. The molecule has 0 unspecified atom stereocenters. The van der Waals surface area contributed by atoms with Crippen LogP contribution in [0.1, 0.15) is 109 Å². The molecule has 0 saturated carbocycles. The maximum atomic E-state index is 15.0. The largest absolute Gasteiger partial charge is 0.497 e. The Kier molecular flexibility index (Phi) is 42.4. The summed E-state index contributed by atoms with van der Waals surface area (Å²) in [6.45, 7) is 9.26. The first-order chi connectivity index (χ1) is 71.4. The molecule has 0 aliphatic carbocycles. The van der Waals surface area contributed by atoms with E-state index >= 15 is 0 Å². The van der Waals surface area contributed by atoms with Crippen LogP contribution in [-0.4, -0.2) is 343 Å². The van der Waals surface area contributed by atoms with Gasteiger partial charge in [0.1, 0.15) is 55.1 Å².